The molecular weight excluding hydrogens is 412 g/mol. The second-order valence-corrected chi connectivity index (χ2v) is 6.06. The van der Waals surface area contributed by atoms with Gasteiger partial charge in [0.05, 0.1) is 39.6 Å². The number of amides is 2. The first-order valence-electron chi connectivity index (χ1n) is 9.82. The Hall–Kier alpha value is -2.73. The van der Waals surface area contributed by atoms with Gasteiger partial charge in [0.15, 0.2) is 0 Å². The van der Waals surface area contributed by atoms with E-state index in [9.17, 15) is 14.4 Å². The second-order valence-electron chi connectivity index (χ2n) is 6.06. The number of nitrogens with one attached hydrogen (secondary N) is 2. The largest absolute Gasteiger partial charge is 0.480 e. The molecule has 1 rings (SSSR count). The molecule has 0 aliphatic rings. The van der Waals surface area contributed by atoms with Crippen LogP contribution in [0.3, 0.4) is 0 Å². The molecule has 0 unspecified atom stereocenters. The van der Waals surface area contributed by atoms with E-state index in [2.05, 4.69) is 15.4 Å². The van der Waals surface area contributed by atoms with Gasteiger partial charge in [0.2, 0.25) is 5.91 Å². The zero-order valence-corrected chi connectivity index (χ0v) is 17.4. The van der Waals surface area contributed by atoms with Gasteiger partial charge in [0, 0.05) is 13.1 Å². The van der Waals surface area contributed by atoms with Crippen molar-refractivity contribution in [3.63, 3.8) is 0 Å². The number of aliphatic carboxylic acids is 1. The molecule has 31 heavy (non-hydrogen) atoms. The topological polar surface area (TPSA) is 142 Å². The molecule has 0 bridgehead atoms. The van der Waals surface area contributed by atoms with Crippen LogP contribution in [0.4, 0.5) is 4.79 Å². The zero-order chi connectivity index (χ0) is 22.6. The van der Waals surface area contributed by atoms with Crippen molar-refractivity contribution in [2.45, 2.75) is 6.61 Å². The minimum absolute atomic E-state index is 0.219. The van der Waals surface area contributed by atoms with Crippen LogP contribution in [0.1, 0.15) is 5.56 Å². The SMILES string of the molecule is O=C(O)COCC(=O)NCCOCCOCCOCCNC(=O)OCc1ccccc1. The predicted octanol–water partition coefficient (Wildman–Crippen LogP) is 0.180. The number of alkyl carbamates (subject to hydrolysis) is 1. The third-order valence-electron chi connectivity index (χ3n) is 3.50. The van der Waals surface area contributed by atoms with E-state index in [4.69, 9.17) is 24.1 Å². The van der Waals surface area contributed by atoms with E-state index < -0.39 is 24.6 Å². The number of carboxylic acid groups (broad SMARTS) is 1. The fourth-order valence-corrected chi connectivity index (χ4v) is 2.09. The summed E-state index contributed by atoms with van der Waals surface area (Å²) in [7, 11) is 0. The first-order chi connectivity index (χ1) is 15.1. The highest BCUT2D eigenvalue weighted by atomic mass is 16.6. The number of carboxylic acids is 1. The zero-order valence-electron chi connectivity index (χ0n) is 17.4. The van der Waals surface area contributed by atoms with Crippen LogP contribution in [0.25, 0.3) is 0 Å². The Morgan fingerprint density at radius 3 is 1.94 bits per heavy atom. The Morgan fingerprint density at radius 1 is 0.742 bits per heavy atom. The predicted molar refractivity (Wildman–Crippen MR) is 109 cm³/mol. The maximum Gasteiger partial charge on any atom is 0.407 e. The third kappa shape index (κ3) is 16.7. The second kappa shape index (κ2) is 18.1. The molecule has 0 atom stereocenters. The van der Waals surface area contributed by atoms with Gasteiger partial charge in [-0.25, -0.2) is 9.59 Å². The van der Waals surface area contributed by atoms with Crippen LogP contribution in [-0.2, 0) is 39.9 Å². The summed E-state index contributed by atoms with van der Waals surface area (Å²) in [4.78, 5) is 33.0. The summed E-state index contributed by atoms with van der Waals surface area (Å²) in [6.45, 7) is 2.19. The number of ether oxygens (including phenoxy) is 5. The van der Waals surface area contributed by atoms with Crippen molar-refractivity contribution in [3.05, 3.63) is 35.9 Å². The Labute approximate surface area is 180 Å². The Morgan fingerprint density at radius 2 is 1.32 bits per heavy atom. The molecule has 1 aromatic carbocycles. The van der Waals surface area contributed by atoms with Crippen LogP contribution in [-0.4, -0.2) is 89.0 Å². The van der Waals surface area contributed by atoms with Gasteiger partial charge in [-0.2, -0.15) is 0 Å². The highest BCUT2D eigenvalue weighted by Crippen LogP contribution is 2.00. The van der Waals surface area contributed by atoms with Gasteiger partial charge in [0.25, 0.3) is 0 Å². The fourth-order valence-electron chi connectivity index (χ4n) is 2.09. The maximum atomic E-state index is 11.5. The van der Waals surface area contributed by atoms with Gasteiger partial charge in [-0.05, 0) is 5.56 Å². The van der Waals surface area contributed by atoms with Crippen LogP contribution in [0.2, 0.25) is 0 Å². The molecule has 0 heterocycles. The number of rotatable bonds is 18. The molecule has 0 radical (unpaired) electrons. The maximum absolute atomic E-state index is 11.5. The molecule has 2 amide bonds. The summed E-state index contributed by atoms with van der Waals surface area (Å²) >= 11 is 0. The monoisotopic (exact) mass is 442 g/mol. The molecule has 0 saturated carbocycles. The van der Waals surface area contributed by atoms with Gasteiger partial charge >= 0.3 is 12.1 Å². The lowest BCUT2D eigenvalue weighted by atomic mass is 10.2. The summed E-state index contributed by atoms with van der Waals surface area (Å²) in [5.74, 6) is -1.53. The number of benzene rings is 1. The molecule has 0 saturated heterocycles. The summed E-state index contributed by atoms with van der Waals surface area (Å²) in [5.41, 5.74) is 0.919. The van der Waals surface area contributed by atoms with Crippen molar-refractivity contribution < 1.29 is 43.2 Å². The van der Waals surface area contributed by atoms with E-state index in [0.717, 1.165) is 5.56 Å². The van der Waals surface area contributed by atoms with E-state index in [-0.39, 0.29) is 13.2 Å². The van der Waals surface area contributed by atoms with Crippen LogP contribution in [0.15, 0.2) is 30.3 Å². The van der Waals surface area contributed by atoms with E-state index in [1.54, 1.807) is 0 Å². The van der Waals surface area contributed by atoms with Crippen molar-refractivity contribution in [1.82, 2.24) is 10.6 Å². The minimum Gasteiger partial charge on any atom is -0.480 e. The lowest BCUT2D eigenvalue weighted by molar-refractivity contribution is -0.143. The molecule has 0 aromatic heterocycles. The highest BCUT2D eigenvalue weighted by molar-refractivity contribution is 5.77. The number of hydrogen-bond donors (Lipinski definition) is 3. The number of carbonyl (C=O) groups excluding carboxylic acids is 2. The molecule has 0 fully saturated rings. The van der Waals surface area contributed by atoms with Gasteiger partial charge in [-0.3, -0.25) is 4.79 Å². The Kier molecular flexibility index (Phi) is 15.3. The molecule has 0 spiro atoms. The van der Waals surface area contributed by atoms with Gasteiger partial charge in [-0.15, -0.1) is 0 Å². The van der Waals surface area contributed by atoms with Gasteiger partial charge in [-0.1, -0.05) is 30.3 Å². The lowest BCUT2D eigenvalue weighted by Gasteiger charge is -2.09. The smallest absolute Gasteiger partial charge is 0.407 e. The molecule has 1 aromatic rings. The van der Waals surface area contributed by atoms with Crippen LogP contribution < -0.4 is 10.6 Å². The highest BCUT2D eigenvalue weighted by Gasteiger charge is 2.03. The number of hydrogen-bond acceptors (Lipinski definition) is 8. The molecule has 11 nitrogen and oxygen atoms in total. The van der Waals surface area contributed by atoms with Gasteiger partial charge in [0.1, 0.15) is 19.8 Å². The average molecular weight is 442 g/mol. The van der Waals surface area contributed by atoms with E-state index in [0.29, 0.717) is 52.7 Å². The summed E-state index contributed by atoms with van der Waals surface area (Å²) in [6.07, 6.45) is -0.496. The normalized spacial score (nSPS) is 10.5. The Balaban J connectivity index is 1.79. The van der Waals surface area contributed by atoms with Crippen LogP contribution in [0, 0.1) is 0 Å². The molecule has 0 aliphatic carbocycles. The molecule has 3 N–H and O–H groups in total. The van der Waals surface area contributed by atoms with Crippen LogP contribution >= 0.6 is 0 Å². The lowest BCUT2D eigenvalue weighted by Crippen LogP contribution is -2.31. The van der Waals surface area contributed by atoms with Crippen LogP contribution in [0.5, 0.6) is 0 Å². The first-order valence-corrected chi connectivity index (χ1v) is 9.82. The van der Waals surface area contributed by atoms with Crippen molar-refractivity contribution in [1.29, 1.82) is 0 Å². The molecular formula is C20H30N2O9. The summed E-state index contributed by atoms with van der Waals surface area (Å²) in [6, 6.07) is 9.41. The fraction of sp³-hybridized carbons (Fsp3) is 0.550. The average Bonchev–Trinajstić information content (AvgIpc) is 2.76. The van der Waals surface area contributed by atoms with Crippen molar-refractivity contribution in [3.8, 4) is 0 Å². The van der Waals surface area contributed by atoms with Crippen molar-refractivity contribution in [2.75, 3.05) is 65.9 Å². The van der Waals surface area contributed by atoms with Crippen molar-refractivity contribution in [2.24, 2.45) is 0 Å². The third-order valence-corrected chi connectivity index (χ3v) is 3.50. The summed E-state index contributed by atoms with van der Waals surface area (Å²) in [5, 5.41) is 13.5. The first kappa shape index (κ1) is 26.3. The minimum atomic E-state index is -1.13. The molecule has 174 valence electrons. The summed E-state index contributed by atoms with van der Waals surface area (Å²) < 4.78 is 25.7. The standard InChI is InChI=1S/C20H30N2O9/c23-18(15-30-16-19(24)25)21-6-8-27-10-12-29-13-11-28-9-7-22-20(26)31-14-17-4-2-1-3-5-17/h1-5H,6-16H2,(H,21,23)(H,22,26)(H,24,25). The van der Waals surface area contributed by atoms with E-state index in [1.165, 1.54) is 0 Å². The molecule has 11 heteroatoms. The van der Waals surface area contributed by atoms with Crippen molar-refractivity contribution >= 4 is 18.0 Å². The molecule has 0 aliphatic heterocycles. The Bertz CT molecular complexity index is 628. The van der Waals surface area contributed by atoms with Gasteiger partial charge < -0.3 is 39.4 Å². The quantitative estimate of drug-likeness (QED) is 0.271. The van der Waals surface area contributed by atoms with E-state index >= 15 is 0 Å². The van der Waals surface area contributed by atoms with E-state index in [1.807, 2.05) is 30.3 Å². The number of carbonyl (C=O) groups is 3.